The molecule has 1 aromatic rings. The van der Waals surface area contributed by atoms with Crippen molar-refractivity contribution < 1.29 is 19.1 Å². The number of aliphatic carboxylic acids is 1. The minimum Gasteiger partial charge on any atom is -0.480 e. The maximum atomic E-state index is 13.7. The molecule has 0 radical (unpaired) electrons. The Labute approximate surface area is 128 Å². The molecule has 5 nitrogen and oxygen atoms in total. The summed E-state index contributed by atoms with van der Waals surface area (Å²) in [6.45, 7) is 1.92. The van der Waals surface area contributed by atoms with Gasteiger partial charge < -0.3 is 10.0 Å². The van der Waals surface area contributed by atoms with Gasteiger partial charge in [0.1, 0.15) is 11.9 Å². The lowest BCUT2D eigenvalue weighted by Gasteiger charge is -2.27. The number of amides is 1. The number of likely N-dealkylation sites (N-methyl/N-ethyl adjacent to an activating group) is 1. The third kappa shape index (κ3) is 3.33. The highest BCUT2D eigenvalue weighted by Crippen LogP contribution is 2.26. The Kier molecular flexibility index (Phi) is 5.69. The van der Waals surface area contributed by atoms with Gasteiger partial charge in [-0.2, -0.15) is 0 Å². The number of rotatable bonds is 4. The van der Waals surface area contributed by atoms with E-state index in [9.17, 15) is 14.0 Å². The van der Waals surface area contributed by atoms with Crippen LogP contribution in [-0.2, 0) is 9.59 Å². The Balaban J connectivity index is 0.00000220. The zero-order valence-electron chi connectivity index (χ0n) is 11.8. The molecule has 0 bridgehead atoms. The molecule has 2 unspecified atom stereocenters. The molecule has 0 aromatic heterocycles. The molecule has 1 amide bonds. The SMILES string of the molecule is CC(C(=O)O)N(C)C1CCN(c2ccccc2F)C1=O.Cl. The summed E-state index contributed by atoms with van der Waals surface area (Å²) in [6, 6.07) is 4.80. The Morgan fingerprint density at radius 1 is 1.48 bits per heavy atom. The predicted molar refractivity (Wildman–Crippen MR) is 79.3 cm³/mol. The zero-order chi connectivity index (χ0) is 14.9. The number of para-hydroxylation sites is 1. The van der Waals surface area contributed by atoms with Crippen molar-refractivity contribution in [1.82, 2.24) is 4.90 Å². The van der Waals surface area contributed by atoms with Crippen LogP contribution in [-0.4, -0.2) is 47.6 Å². The van der Waals surface area contributed by atoms with E-state index in [1.165, 1.54) is 22.8 Å². The van der Waals surface area contributed by atoms with Gasteiger partial charge in [-0.05, 0) is 32.5 Å². The molecule has 1 heterocycles. The van der Waals surface area contributed by atoms with Crippen LogP contribution >= 0.6 is 12.4 Å². The standard InChI is InChI=1S/C14H17FN2O3.ClH/c1-9(14(19)20)16(2)12-7-8-17(13(12)18)11-6-4-3-5-10(11)15;/h3-6,9,12H,7-8H2,1-2H3,(H,19,20);1H. The molecule has 1 saturated heterocycles. The molecule has 1 fully saturated rings. The number of carbonyl (C=O) groups is 2. The van der Waals surface area contributed by atoms with Crippen LogP contribution in [0.3, 0.4) is 0 Å². The van der Waals surface area contributed by atoms with Crippen molar-refractivity contribution in [2.24, 2.45) is 0 Å². The molecule has 116 valence electrons. The second kappa shape index (κ2) is 6.87. The maximum absolute atomic E-state index is 13.7. The third-order valence-corrected chi connectivity index (χ3v) is 3.78. The highest BCUT2D eigenvalue weighted by atomic mass is 35.5. The van der Waals surface area contributed by atoms with Gasteiger partial charge in [0.15, 0.2) is 0 Å². The van der Waals surface area contributed by atoms with Gasteiger partial charge in [0.05, 0.1) is 11.7 Å². The molecule has 0 saturated carbocycles. The summed E-state index contributed by atoms with van der Waals surface area (Å²) in [6.07, 6.45) is 0.487. The number of hydrogen-bond donors (Lipinski definition) is 1. The highest BCUT2D eigenvalue weighted by molar-refractivity contribution is 5.99. The summed E-state index contributed by atoms with van der Waals surface area (Å²) in [5.41, 5.74) is 0.247. The van der Waals surface area contributed by atoms with Crippen LogP contribution in [0.25, 0.3) is 0 Å². The Morgan fingerprint density at radius 2 is 2.10 bits per heavy atom. The van der Waals surface area contributed by atoms with Gasteiger partial charge in [-0.1, -0.05) is 12.1 Å². The van der Waals surface area contributed by atoms with E-state index in [4.69, 9.17) is 5.11 Å². The molecule has 7 heteroatoms. The van der Waals surface area contributed by atoms with Crippen molar-refractivity contribution >= 4 is 30.0 Å². The number of carboxylic acid groups (broad SMARTS) is 1. The van der Waals surface area contributed by atoms with Crippen LogP contribution in [0, 0.1) is 5.82 Å². The number of carbonyl (C=O) groups excluding carboxylic acids is 1. The van der Waals surface area contributed by atoms with E-state index >= 15 is 0 Å². The van der Waals surface area contributed by atoms with E-state index in [1.807, 2.05) is 0 Å². The monoisotopic (exact) mass is 316 g/mol. The second-order valence-electron chi connectivity index (χ2n) is 4.93. The first-order chi connectivity index (χ1) is 9.43. The summed E-state index contributed by atoms with van der Waals surface area (Å²) in [4.78, 5) is 26.2. The van der Waals surface area contributed by atoms with E-state index in [0.717, 1.165) is 0 Å². The van der Waals surface area contributed by atoms with Crippen molar-refractivity contribution in [3.05, 3.63) is 30.1 Å². The largest absolute Gasteiger partial charge is 0.480 e. The lowest BCUT2D eigenvalue weighted by molar-refractivity contribution is -0.143. The minimum absolute atomic E-state index is 0. The van der Waals surface area contributed by atoms with Gasteiger partial charge in [0.25, 0.3) is 0 Å². The molecule has 2 atom stereocenters. The smallest absolute Gasteiger partial charge is 0.320 e. The first-order valence-electron chi connectivity index (χ1n) is 6.44. The van der Waals surface area contributed by atoms with Crippen molar-refractivity contribution in [2.45, 2.75) is 25.4 Å². The molecule has 1 aliphatic heterocycles. The van der Waals surface area contributed by atoms with E-state index in [1.54, 1.807) is 25.2 Å². The Morgan fingerprint density at radius 3 is 2.67 bits per heavy atom. The number of carboxylic acids is 1. The number of anilines is 1. The molecular weight excluding hydrogens is 299 g/mol. The van der Waals surface area contributed by atoms with Gasteiger partial charge in [-0.25, -0.2) is 4.39 Å². The van der Waals surface area contributed by atoms with Crippen molar-refractivity contribution in [2.75, 3.05) is 18.5 Å². The first-order valence-corrected chi connectivity index (χ1v) is 6.44. The van der Waals surface area contributed by atoms with E-state index in [0.29, 0.717) is 13.0 Å². The maximum Gasteiger partial charge on any atom is 0.320 e. The fourth-order valence-electron chi connectivity index (χ4n) is 2.40. The van der Waals surface area contributed by atoms with Crippen LogP contribution in [0.15, 0.2) is 24.3 Å². The van der Waals surface area contributed by atoms with Crippen LogP contribution in [0.5, 0.6) is 0 Å². The molecule has 2 rings (SSSR count). The van der Waals surface area contributed by atoms with E-state index in [2.05, 4.69) is 0 Å². The third-order valence-electron chi connectivity index (χ3n) is 3.78. The van der Waals surface area contributed by atoms with Gasteiger partial charge in [0, 0.05) is 6.54 Å². The van der Waals surface area contributed by atoms with Crippen LogP contribution in [0.4, 0.5) is 10.1 Å². The molecule has 21 heavy (non-hydrogen) atoms. The summed E-state index contributed by atoms with van der Waals surface area (Å²) >= 11 is 0. The number of hydrogen-bond acceptors (Lipinski definition) is 3. The Bertz CT molecular complexity index is 541. The number of halogens is 2. The topological polar surface area (TPSA) is 60.9 Å². The summed E-state index contributed by atoms with van der Waals surface area (Å²) in [7, 11) is 1.60. The van der Waals surface area contributed by atoms with E-state index in [-0.39, 0.29) is 24.0 Å². The summed E-state index contributed by atoms with van der Waals surface area (Å²) in [5.74, 6) is -1.69. The average Bonchev–Trinajstić information content (AvgIpc) is 2.79. The molecule has 1 aromatic carbocycles. The van der Waals surface area contributed by atoms with Gasteiger partial charge in [0.2, 0.25) is 5.91 Å². The van der Waals surface area contributed by atoms with Gasteiger partial charge in [-0.15, -0.1) is 12.4 Å². The fraction of sp³-hybridized carbons (Fsp3) is 0.429. The average molecular weight is 317 g/mol. The minimum atomic E-state index is -0.982. The fourth-order valence-corrected chi connectivity index (χ4v) is 2.40. The zero-order valence-corrected chi connectivity index (χ0v) is 12.6. The Hall–Kier alpha value is -1.66. The van der Waals surface area contributed by atoms with Crippen LogP contribution in [0.1, 0.15) is 13.3 Å². The molecule has 0 spiro atoms. The summed E-state index contributed by atoms with van der Waals surface area (Å²) in [5, 5.41) is 9.00. The van der Waals surface area contributed by atoms with Crippen LogP contribution in [0.2, 0.25) is 0 Å². The summed E-state index contributed by atoms with van der Waals surface area (Å²) < 4.78 is 13.7. The lowest BCUT2D eigenvalue weighted by atomic mass is 10.1. The molecule has 0 aliphatic carbocycles. The molecule has 1 aliphatic rings. The van der Waals surface area contributed by atoms with Crippen molar-refractivity contribution in [3.63, 3.8) is 0 Å². The van der Waals surface area contributed by atoms with Crippen molar-refractivity contribution in [3.8, 4) is 0 Å². The highest BCUT2D eigenvalue weighted by Gasteiger charge is 2.38. The number of nitrogens with zero attached hydrogens (tertiary/aromatic N) is 2. The van der Waals surface area contributed by atoms with Crippen LogP contribution < -0.4 is 4.90 Å². The predicted octanol–water partition coefficient (Wildman–Crippen LogP) is 1.76. The lowest BCUT2D eigenvalue weighted by Crippen LogP contribution is -2.47. The molecular formula is C14H18ClFN2O3. The van der Waals surface area contributed by atoms with Crippen molar-refractivity contribution in [1.29, 1.82) is 0 Å². The van der Waals surface area contributed by atoms with Gasteiger partial charge in [-0.3, -0.25) is 14.5 Å². The van der Waals surface area contributed by atoms with E-state index < -0.39 is 23.9 Å². The first kappa shape index (κ1) is 17.4. The van der Waals surface area contributed by atoms with Gasteiger partial charge >= 0.3 is 5.97 Å². The quantitative estimate of drug-likeness (QED) is 0.919. The number of benzene rings is 1. The second-order valence-corrected chi connectivity index (χ2v) is 4.93. The molecule has 1 N–H and O–H groups in total. The normalized spacial score (nSPS) is 19.5.